The predicted molar refractivity (Wildman–Crippen MR) is 127 cm³/mol. The molecule has 0 aromatic heterocycles. The fraction of sp³-hybridized carbons (Fsp3) is 0.833. The van der Waals surface area contributed by atoms with Gasteiger partial charge in [0.05, 0.1) is 55.1 Å². The van der Waals surface area contributed by atoms with Crippen LogP contribution in [0.15, 0.2) is 0 Å². The van der Waals surface area contributed by atoms with Gasteiger partial charge < -0.3 is 28.7 Å². The molecule has 0 radical (unpaired) electrons. The van der Waals surface area contributed by atoms with Crippen LogP contribution < -0.4 is 0 Å². The number of hydrogen-bond donors (Lipinski definition) is 2. The maximum absolute atomic E-state index is 12.1. The summed E-state index contributed by atoms with van der Waals surface area (Å²) in [5.41, 5.74) is 0. The van der Waals surface area contributed by atoms with E-state index in [4.69, 9.17) is 19.7 Å². The number of carboxylic acids is 2. The largest absolute Gasteiger partial charge is 0.481 e. The normalized spacial score (nSPS) is 13.7. The van der Waals surface area contributed by atoms with Crippen LogP contribution in [0.5, 0.6) is 0 Å². The average molecular weight is 491 g/mol. The number of carbonyl (C=O) groups is 4. The molecule has 0 amide bonds. The van der Waals surface area contributed by atoms with Crippen LogP contribution >= 0.6 is 0 Å². The minimum Gasteiger partial charge on any atom is -0.481 e. The van der Waals surface area contributed by atoms with Gasteiger partial charge in [0.2, 0.25) is 0 Å². The van der Waals surface area contributed by atoms with Crippen molar-refractivity contribution in [2.75, 3.05) is 55.4 Å². The average Bonchev–Trinajstić information content (AvgIpc) is 2.59. The van der Waals surface area contributed by atoms with Crippen LogP contribution in [0, 0.1) is 0 Å². The molecule has 10 nitrogen and oxygen atoms in total. The molecule has 0 saturated heterocycles. The lowest BCUT2D eigenvalue weighted by atomic mass is 10.1. The molecule has 0 aliphatic heterocycles. The van der Waals surface area contributed by atoms with Crippen molar-refractivity contribution < 1.29 is 47.8 Å². The molecule has 198 valence electrons. The Morgan fingerprint density at radius 3 is 1.15 bits per heavy atom. The molecule has 2 atom stereocenters. The number of unbranched alkanes of at least 4 members (excludes halogenated alkanes) is 5. The van der Waals surface area contributed by atoms with Crippen molar-refractivity contribution in [1.29, 1.82) is 0 Å². The van der Waals surface area contributed by atoms with Gasteiger partial charge >= 0.3 is 23.9 Å². The molecular weight excluding hydrogens is 444 g/mol. The Morgan fingerprint density at radius 2 is 0.882 bits per heavy atom. The fourth-order valence-corrected chi connectivity index (χ4v) is 3.63. The van der Waals surface area contributed by atoms with Crippen molar-refractivity contribution in [3.8, 4) is 0 Å². The summed E-state index contributed by atoms with van der Waals surface area (Å²) in [6.07, 6.45) is 3.74. The zero-order chi connectivity index (χ0) is 26.4. The van der Waals surface area contributed by atoms with Crippen molar-refractivity contribution in [2.24, 2.45) is 0 Å². The van der Waals surface area contributed by atoms with Gasteiger partial charge in [0.1, 0.15) is 13.1 Å². The Balaban J connectivity index is 4.05. The van der Waals surface area contributed by atoms with Crippen molar-refractivity contribution in [3.05, 3.63) is 0 Å². The number of carboxylic acid groups (broad SMARTS) is 2. The smallest absolute Gasteiger partial charge is 0.307 e. The molecule has 0 aliphatic rings. The van der Waals surface area contributed by atoms with E-state index in [1.54, 1.807) is 0 Å². The van der Waals surface area contributed by atoms with Gasteiger partial charge in [0, 0.05) is 12.8 Å². The number of likely N-dealkylation sites (N-methyl/N-ethyl adjacent to an activating group) is 2. The Labute approximate surface area is 204 Å². The number of rotatable bonds is 19. The molecule has 0 saturated carbocycles. The van der Waals surface area contributed by atoms with Crippen LogP contribution in [-0.4, -0.2) is 111 Å². The highest BCUT2D eigenvalue weighted by Crippen LogP contribution is 2.13. The van der Waals surface area contributed by atoms with Gasteiger partial charge in [-0.15, -0.1) is 0 Å². The van der Waals surface area contributed by atoms with E-state index < -0.39 is 24.1 Å². The Kier molecular flexibility index (Phi) is 14.6. The van der Waals surface area contributed by atoms with Gasteiger partial charge in [-0.2, -0.15) is 0 Å². The van der Waals surface area contributed by atoms with E-state index >= 15 is 0 Å². The Morgan fingerprint density at radius 1 is 0.588 bits per heavy atom. The number of ether oxygens (including phenoxy) is 2. The van der Waals surface area contributed by atoms with Crippen LogP contribution in [-0.2, 0) is 28.7 Å². The van der Waals surface area contributed by atoms with Gasteiger partial charge in [-0.25, -0.2) is 0 Å². The lowest BCUT2D eigenvalue weighted by molar-refractivity contribution is -0.873. The summed E-state index contributed by atoms with van der Waals surface area (Å²) in [5, 5.41) is 18.0. The molecule has 0 bridgehead atoms. The fourth-order valence-electron chi connectivity index (χ4n) is 3.63. The van der Waals surface area contributed by atoms with Gasteiger partial charge in [0.25, 0.3) is 0 Å². The highest BCUT2D eigenvalue weighted by Gasteiger charge is 2.25. The van der Waals surface area contributed by atoms with Crippen LogP contribution in [0.2, 0.25) is 0 Å². The second-order valence-corrected chi connectivity index (χ2v) is 11.0. The van der Waals surface area contributed by atoms with E-state index in [9.17, 15) is 19.2 Å². The maximum atomic E-state index is 12.1. The summed E-state index contributed by atoms with van der Waals surface area (Å²) in [4.78, 5) is 46.1. The lowest BCUT2D eigenvalue weighted by Gasteiger charge is -2.28. The van der Waals surface area contributed by atoms with Gasteiger partial charge in [-0.1, -0.05) is 25.7 Å². The molecule has 0 spiro atoms. The number of nitrogens with zero attached hydrogens (tertiary/aromatic N) is 2. The lowest BCUT2D eigenvalue weighted by Crippen LogP contribution is -2.43. The molecule has 0 rings (SSSR count). The first-order valence-corrected chi connectivity index (χ1v) is 12.0. The molecule has 0 aliphatic carbocycles. The van der Waals surface area contributed by atoms with Gasteiger partial charge in [-0.05, 0) is 12.8 Å². The van der Waals surface area contributed by atoms with Gasteiger partial charge in [-0.3, -0.25) is 19.2 Å². The third-order valence-corrected chi connectivity index (χ3v) is 4.92. The Hall–Kier alpha value is -2.20. The number of esters is 2. The quantitative estimate of drug-likeness (QED) is 0.160. The van der Waals surface area contributed by atoms with Crippen molar-refractivity contribution in [1.82, 2.24) is 0 Å². The molecule has 0 fully saturated rings. The molecule has 10 heteroatoms. The van der Waals surface area contributed by atoms with E-state index in [1.807, 2.05) is 42.3 Å². The summed E-state index contributed by atoms with van der Waals surface area (Å²) < 4.78 is 11.8. The SMILES string of the molecule is C[N+](C)(C)CC(CC(=O)O)OC(=O)CCCCCCCCC(=O)OC(CC(=O)O)C[N+](C)(C)C. The number of carbonyl (C=O) groups excluding carboxylic acids is 2. The number of aliphatic carboxylic acids is 2. The molecule has 2 N–H and O–H groups in total. The van der Waals surface area contributed by atoms with E-state index in [-0.39, 0.29) is 37.6 Å². The summed E-state index contributed by atoms with van der Waals surface area (Å²) in [7, 11) is 11.5. The van der Waals surface area contributed by atoms with Crippen LogP contribution in [0.25, 0.3) is 0 Å². The first-order valence-electron chi connectivity index (χ1n) is 12.0. The highest BCUT2D eigenvalue weighted by molar-refractivity contribution is 5.72. The van der Waals surface area contributed by atoms with E-state index in [1.165, 1.54) is 0 Å². The summed E-state index contributed by atoms with van der Waals surface area (Å²) >= 11 is 0. The summed E-state index contributed by atoms with van der Waals surface area (Å²) in [5.74, 6) is -2.71. The third kappa shape index (κ3) is 20.4. The maximum Gasteiger partial charge on any atom is 0.307 e. The second-order valence-electron chi connectivity index (χ2n) is 11.0. The van der Waals surface area contributed by atoms with Crippen molar-refractivity contribution >= 4 is 23.9 Å². The number of quaternary nitrogens is 2. The van der Waals surface area contributed by atoms with Crippen molar-refractivity contribution in [2.45, 2.75) is 76.4 Å². The molecule has 34 heavy (non-hydrogen) atoms. The number of hydrogen-bond acceptors (Lipinski definition) is 6. The minimum atomic E-state index is -0.985. The molecule has 0 heterocycles. The second kappa shape index (κ2) is 15.7. The van der Waals surface area contributed by atoms with Crippen LogP contribution in [0.1, 0.15) is 64.2 Å². The molecule has 0 aromatic carbocycles. The molecular formula is C24H46N2O8+2. The van der Waals surface area contributed by atoms with Crippen molar-refractivity contribution in [3.63, 3.8) is 0 Å². The first-order chi connectivity index (χ1) is 15.6. The zero-order valence-corrected chi connectivity index (χ0v) is 21.9. The van der Waals surface area contributed by atoms with E-state index in [2.05, 4.69) is 0 Å². The summed E-state index contributed by atoms with van der Waals surface area (Å²) in [6, 6.07) is 0. The highest BCUT2D eigenvalue weighted by atomic mass is 16.5. The topological polar surface area (TPSA) is 127 Å². The summed E-state index contributed by atoms with van der Waals surface area (Å²) in [6.45, 7) is 0.875. The monoisotopic (exact) mass is 490 g/mol. The van der Waals surface area contributed by atoms with Crippen LogP contribution in [0.3, 0.4) is 0 Å². The molecule has 2 unspecified atom stereocenters. The van der Waals surface area contributed by atoms with Gasteiger partial charge in [0.15, 0.2) is 12.2 Å². The van der Waals surface area contributed by atoms with E-state index in [0.717, 1.165) is 25.7 Å². The van der Waals surface area contributed by atoms with E-state index in [0.29, 0.717) is 34.9 Å². The standard InChI is InChI=1S/C24H44N2O8/c1-25(2,3)17-19(15-21(27)28)33-23(31)13-11-9-7-8-10-12-14-24(32)34-20(16-22(29)30)18-26(4,5)6/h19-20H,7-18H2,1-6H3/p+2. The zero-order valence-electron chi connectivity index (χ0n) is 21.9. The minimum absolute atomic E-state index is 0.198. The third-order valence-electron chi connectivity index (χ3n) is 4.92. The first kappa shape index (κ1) is 31.8. The Bertz CT molecular complexity index is 596. The molecule has 0 aromatic rings. The predicted octanol–water partition coefficient (Wildman–Crippen LogP) is 2.29. The van der Waals surface area contributed by atoms with Crippen LogP contribution in [0.4, 0.5) is 0 Å².